The van der Waals surface area contributed by atoms with E-state index in [1.165, 1.54) is 0 Å². The van der Waals surface area contributed by atoms with Crippen molar-refractivity contribution in [3.05, 3.63) is 0 Å². The van der Waals surface area contributed by atoms with Gasteiger partial charge in [0.2, 0.25) is 0 Å². The van der Waals surface area contributed by atoms with Crippen LogP contribution in [0.3, 0.4) is 0 Å². The van der Waals surface area contributed by atoms with E-state index in [0.717, 1.165) is 52.0 Å². The van der Waals surface area contributed by atoms with E-state index in [4.69, 9.17) is 4.74 Å². The maximum absolute atomic E-state index is 11.8. The predicted molar refractivity (Wildman–Crippen MR) is 86.1 cm³/mol. The first-order chi connectivity index (χ1) is 9.96. The van der Waals surface area contributed by atoms with Crippen LogP contribution < -0.4 is 5.32 Å². The fourth-order valence-corrected chi connectivity index (χ4v) is 5.53. The van der Waals surface area contributed by atoms with E-state index in [0.29, 0.717) is 35.2 Å². The second kappa shape index (κ2) is 7.93. The van der Waals surface area contributed by atoms with E-state index >= 15 is 0 Å². The van der Waals surface area contributed by atoms with Gasteiger partial charge in [0.05, 0.1) is 11.5 Å². The van der Waals surface area contributed by atoms with Gasteiger partial charge in [-0.25, -0.2) is 8.42 Å². The van der Waals surface area contributed by atoms with E-state index in [-0.39, 0.29) is 0 Å². The Morgan fingerprint density at radius 2 is 1.86 bits per heavy atom. The molecule has 2 atom stereocenters. The minimum absolute atomic E-state index is 0.359. The van der Waals surface area contributed by atoms with Crippen molar-refractivity contribution in [3.8, 4) is 0 Å². The number of ether oxygens (including phenoxy) is 1. The molecule has 0 bridgehead atoms. The number of hydrogen-bond donors (Lipinski definition) is 1. The molecule has 2 heterocycles. The van der Waals surface area contributed by atoms with Gasteiger partial charge in [0, 0.05) is 13.2 Å². The Balaban J connectivity index is 1.89. The van der Waals surface area contributed by atoms with Crippen molar-refractivity contribution in [2.24, 2.45) is 23.7 Å². The van der Waals surface area contributed by atoms with Crippen molar-refractivity contribution in [1.29, 1.82) is 0 Å². The summed E-state index contributed by atoms with van der Waals surface area (Å²) in [6.45, 7) is 8.15. The van der Waals surface area contributed by atoms with Crippen LogP contribution in [0.25, 0.3) is 0 Å². The molecule has 0 saturated carbocycles. The lowest BCUT2D eigenvalue weighted by Gasteiger charge is -2.30. The SMILES string of the molecule is CC(C)CNCC(CC1CCOCC1)C1CCS(=O)(=O)C1. The van der Waals surface area contributed by atoms with Crippen LogP contribution in [0.2, 0.25) is 0 Å². The van der Waals surface area contributed by atoms with Crippen LogP contribution >= 0.6 is 0 Å². The normalized spacial score (nSPS) is 28.0. The van der Waals surface area contributed by atoms with Gasteiger partial charge in [-0.3, -0.25) is 0 Å². The monoisotopic (exact) mass is 317 g/mol. The summed E-state index contributed by atoms with van der Waals surface area (Å²) in [5.74, 6) is 3.02. The van der Waals surface area contributed by atoms with E-state index in [2.05, 4.69) is 19.2 Å². The third-order valence-electron chi connectivity index (χ3n) is 4.87. The van der Waals surface area contributed by atoms with Crippen molar-refractivity contribution < 1.29 is 13.2 Å². The average molecular weight is 317 g/mol. The lowest BCUT2D eigenvalue weighted by atomic mass is 9.81. The Morgan fingerprint density at radius 3 is 2.43 bits per heavy atom. The lowest BCUT2D eigenvalue weighted by molar-refractivity contribution is 0.0553. The zero-order chi connectivity index (χ0) is 15.3. The van der Waals surface area contributed by atoms with Crippen molar-refractivity contribution in [2.75, 3.05) is 37.8 Å². The first-order valence-electron chi connectivity index (χ1n) is 8.45. The fraction of sp³-hybridized carbons (Fsp3) is 1.00. The Labute approximate surface area is 129 Å². The van der Waals surface area contributed by atoms with Gasteiger partial charge >= 0.3 is 0 Å². The first kappa shape index (κ1) is 17.2. The molecule has 2 rings (SSSR count). The van der Waals surface area contributed by atoms with Gasteiger partial charge in [-0.15, -0.1) is 0 Å². The molecule has 0 aromatic carbocycles. The highest BCUT2D eigenvalue weighted by atomic mass is 32.2. The molecule has 2 aliphatic heterocycles. The Bertz CT molecular complexity index is 402. The smallest absolute Gasteiger partial charge is 0.150 e. The standard InChI is InChI=1S/C16H31NO3S/c1-13(2)10-17-11-16(9-14-3-6-20-7-4-14)15-5-8-21(18,19)12-15/h13-17H,3-12H2,1-2H3. The Kier molecular flexibility index (Phi) is 6.51. The molecule has 2 saturated heterocycles. The second-order valence-electron chi connectivity index (χ2n) is 7.27. The summed E-state index contributed by atoms with van der Waals surface area (Å²) in [6.07, 6.45) is 4.30. The van der Waals surface area contributed by atoms with Gasteiger partial charge in [-0.05, 0) is 62.4 Å². The molecule has 2 unspecified atom stereocenters. The average Bonchev–Trinajstić information content (AvgIpc) is 2.79. The minimum Gasteiger partial charge on any atom is -0.381 e. The number of nitrogens with one attached hydrogen (secondary N) is 1. The molecule has 2 fully saturated rings. The van der Waals surface area contributed by atoms with Crippen LogP contribution in [-0.2, 0) is 14.6 Å². The Morgan fingerprint density at radius 1 is 1.14 bits per heavy atom. The zero-order valence-electron chi connectivity index (χ0n) is 13.5. The third kappa shape index (κ3) is 5.87. The molecule has 0 aromatic heterocycles. The summed E-state index contributed by atoms with van der Waals surface area (Å²) in [5, 5.41) is 3.55. The number of hydrogen-bond acceptors (Lipinski definition) is 4. The summed E-state index contributed by atoms with van der Waals surface area (Å²) in [4.78, 5) is 0. The molecule has 1 N–H and O–H groups in total. The van der Waals surface area contributed by atoms with E-state index in [1.807, 2.05) is 0 Å². The van der Waals surface area contributed by atoms with Crippen LogP contribution in [0, 0.1) is 23.7 Å². The van der Waals surface area contributed by atoms with E-state index in [9.17, 15) is 8.42 Å². The lowest BCUT2D eigenvalue weighted by Crippen LogP contribution is -2.33. The molecule has 4 nitrogen and oxygen atoms in total. The second-order valence-corrected chi connectivity index (χ2v) is 9.50. The van der Waals surface area contributed by atoms with Crippen molar-refractivity contribution in [1.82, 2.24) is 5.32 Å². The predicted octanol–water partition coefficient (Wildman–Crippen LogP) is 2.10. The molecule has 124 valence electrons. The van der Waals surface area contributed by atoms with Gasteiger partial charge in [0.25, 0.3) is 0 Å². The summed E-state index contributed by atoms with van der Waals surface area (Å²) >= 11 is 0. The molecule has 5 heteroatoms. The molecular weight excluding hydrogens is 286 g/mol. The van der Waals surface area contributed by atoms with Crippen molar-refractivity contribution in [2.45, 2.75) is 39.5 Å². The van der Waals surface area contributed by atoms with Crippen LogP contribution in [-0.4, -0.2) is 46.2 Å². The molecule has 0 spiro atoms. The van der Waals surface area contributed by atoms with Crippen LogP contribution in [0.15, 0.2) is 0 Å². The third-order valence-corrected chi connectivity index (χ3v) is 6.66. The summed E-state index contributed by atoms with van der Waals surface area (Å²) in [5.41, 5.74) is 0. The molecule has 0 aliphatic carbocycles. The van der Waals surface area contributed by atoms with Gasteiger partial charge in [0.1, 0.15) is 0 Å². The largest absolute Gasteiger partial charge is 0.381 e. The maximum atomic E-state index is 11.8. The molecule has 0 amide bonds. The van der Waals surface area contributed by atoms with Crippen LogP contribution in [0.5, 0.6) is 0 Å². The van der Waals surface area contributed by atoms with Crippen molar-refractivity contribution >= 4 is 9.84 Å². The first-order valence-corrected chi connectivity index (χ1v) is 10.3. The zero-order valence-corrected chi connectivity index (χ0v) is 14.3. The van der Waals surface area contributed by atoms with Gasteiger partial charge in [-0.2, -0.15) is 0 Å². The van der Waals surface area contributed by atoms with E-state index in [1.54, 1.807) is 0 Å². The summed E-state index contributed by atoms with van der Waals surface area (Å²) in [6, 6.07) is 0. The van der Waals surface area contributed by atoms with Crippen LogP contribution in [0.1, 0.15) is 39.5 Å². The topological polar surface area (TPSA) is 55.4 Å². The molecule has 0 radical (unpaired) electrons. The fourth-order valence-electron chi connectivity index (χ4n) is 3.61. The van der Waals surface area contributed by atoms with Crippen molar-refractivity contribution in [3.63, 3.8) is 0 Å². The molecule has 21 heavy (non-hydrogen) atoms. The van der Waals surface area contributed by atoms with Crippen LogP contribution in [0.4, 0.5) is 0 Å². The highest BCUT2D eigenvalue weighted by molar-refractivity contribution is 7.91. The molecule has 0 aromatic rings. The summed E-state index contributed by atoms with van der Waals surface area (Å²) < 4.78 is 29.0. The number of rotatable bonds is 7. The number of sulfone groups is 1. The quantitative estimate of drug-likeness (QED) is 0.781. The van der Waals surface area contributed by atoms with Gasteiger partial charge in [-0.1, -0.05) is 13.8 Å². The maximum Gasteiger partial charge on any atom is 0.150 e. The Hall–Kier alpha value is -0.130. The summed E-state index contributed by atoms with van der Waals surface area (Å²) in [7, 11) is -2.78. The van der Waals surface area contributed by atoms with Gasteiger partial charge < -0.3 is 10.1 Å². The highest BCUT2D eigenvalue weighted by Crippen LogP contribution is 2.32. The minimum atomic E-state index is -2.78. The van der Waals surface area contributed by atoms with E-state index < -0.39 is 9.84 Å². The highest BCUT2D eigenvalue weighted by Gasteiger charge is 2.34. The molecule has 2 aliphatic rings. The van der Waals surface area contributed by atoms with Gasteiger partial charge in [0.15, 0.2) is 9.84 Å². The molecular formula is C16H31NO3S.